The van der Waals surface area contributed by atoms with Crippen molar-refractivity contribution in [3.8, 4) is 11.4 Å². The van der Waals surface area contributed by atoms with Crippen molar-refractivity contribution in [2.75, 3.05) is 26.2 Å². The number of para-hydroxylation sites is 1. The van der Waals surface area contributed by atoms with Crippen LogP contribution in [-0.4, -0.2) is 57.1 Å². The lowest BCUT2D eigenvalue weighted by Crippen LogP contribution is -2.47. The highest BCUT2D eigenvalue weighted by atomic mass is 16.2. The maximum absolute atomic E-state index is 11.5. The standard InChI is InChI=1S/C22H23N5O/c1-15(28)27-10-8-26(9-11-27)14-16-6-7-19-17(12-16)13-21(23-19)22-18-4-2-3-5-20(18)24-25-22/h2-7,12-13,23H,8-11,14H2,1H3,(H,24,25). The van der Waals surface area contributed by atoms with Crippen molar-refractivity contribution < 1.29 is 4.79 Å². The van der Waals surface area contributed by atoms with Gasteiger partial charge in [-0.3, -0.25) is 14.8 Å². The van der Waals surface area contributed by atoms with Gasteiger partial charge in [-0.2, -0.15) is 5.10 Å². The zero-order valence-corrected chi connectivity index (χ0v) is 15.9. The Labute approximate surface area is 163 Å². The molecule has 2 N–H and O–H groups in total. The highest BCUT2D eigenvalue weighted by molar-refractivity contribution is 5.95. The zero-order chi connectivity index (χ0) is 19.1. The zero-order valence-electron chi connectivity index (χ0n) is 15.9. The number of benzene rings is 2. The van der Waals surface area contributed by atoms with E-state index in [1.807, 2.05) is 23.1 Å². The molecule has 6 heteroatoms. The molecule has 0 saturated carbocycles. The Morgan fingerprint density at radius 2 is 1.86 bits per heavy atom. The summed E-state index contributed by atoms with van der Waals surface area (Å²) < 4.78 is 0. The van der Waals surface area contributed by atoms with Gasteiger partial charge in [-0.1, -0.05) is 24.3 Å². The highest BCUT2D eigenvalue weighted by Gasteiger charge is 2.18. The summed E-state index contributed by atoms with van der Waals surface area (Å²) >= 11 is 0. The molecule has 28 heavy (non-hydrogen) atoms. The molecule has 3 heterocycles. The molecule has 0 bridgehead atoms. The number of H-pyrrole nitrogens is 2. The number of fused-ring (bicyclic) bond motifs is 2. The van der Waals surface area contributed by atoms with Crippen LogP contribution in [0.5, 0.6) is 0 Å². The van der Waals surface area contributed by atoms with Gasteiger partial charge >= 0.3 is 0 Å². The first-order valence-corrected chi connectivity index (χ1v) is 9.70. The second-order valence-corrected chi connectivity index (χ2v) is 7.50. The van der Waals surface area contributed by atoms with Gasteiger partial charge in [-0.05, 0) is 29.8 Å². The Kier molecular flexibility index (Phi) is 4.13. The normalized spacial score (nSPS) is 15.5. The smallest absolute Gasteiger partial charge is 0.219 e. The van der Waals surface area contributed by atoms with Gasteiger partial charge in [0.25, 0.3) is 0 Å². The van der Waals surface area contributed by atoms with Crippen LogP contribution in [0, 0.1) is 0 Å². The van der Waals surface area contributed by atoms with Crippen molar-refractivity contribution in [3.05, 3.63) is 54.1 Å². The van der Waals surface area contributed by atoms with Crippen molar-refractivity contribution >= 4 is 27.7 Å². The number of aromatic amines is 2. The van der Waals surface area contributed by atoms with Crippen LogP contribution in [0.25, 0.3) is 33.2 Å². The van der Waals surface area contributed by atoms with Crippen LogP contribution in [0.1, 0.15) is 12.5 Å². The summed E-state index contributed by atoms with van der Waals surface area (Å²) in [4.78, 5) is 19.3. The second-order valence-electron chi connectivity index (χ2n) is 7.50. The van der Waals surface area contributed by atoms with Gasteiger partial charge in [0.15, 0.2) is 0 Å². The van der Waals surface area contributed by atoms with E-state index in [4.69, 9.17) is 0 Å². The monoisotopic (exact) mass is 373 g/mol. The first-order valence-electron chi connectivity index (χ1n) is 9.70. The number of rotatable bonds is 3. The SMILES string of the molecule is CC(=O)N1CCN(Cc2ccc3[nH]c(-c4n[nH]c5ccccc45)cc3c2)CC1. The number of nitrogens with zero attached hydrogens (tertiary/aromatic N) is 3. The summed E-state index contributed by atoms with van der Waals surface area (Å²) in [6.07, 6.45) is 0. The van der Waals surface area contributed by atoms with Crippen molar-refractivity contribution in [3.63, 3.8) is 0 Å². The summed E-state index contributed by atoms with van der Waals surface area (Å²) in [5.41, 5.74) is 5.43. The molecule has 0 aliphatic carbocycles. The predicted molar refractivity (Wildman–Crippen MR) is 111 cm³/mol. The molecule has 0 spiro atoms. The Morgan fingerprint density at radius 1 is 1.04 bits per heavy atom. The number of piperazine rings is 1. The van der Waals surface area contributed by atoms with Gasteiger partial charge in [-0.25, -0.2) is 0 Å². The third-order valence-corrected chi connectivity index (χ3v) is 5.63. The van der Waals surface area contributed by atoms with E-state index in [0.717, 1.165) is 60.5 Å². The van der Waals surface area contributed by atoms with E-state index >= 15 is 0 Å². The highest BCUT2D eigenvalue weighted by Crippen LogP contribution is 2.29. The molecule has 4 aromatic rings. The van der Waals surface area contributed by atoms with Gasteiger partial charge in [0.1, 0.15) is 5.69 Å². The lowest BCUT2D eigenvalue weighted by molar-refractivity contribution is -0.130. The molecule has 0 unspecified atom stereocenters. The lowest BCUT2D eigenvalue weighted by atomic mass is 10.1. The molecular weight excluding hydrogens is 350 g/mol. The Balaban J connectivity index is 1.38. The van der Waals surface area contributed by atoms with Gasteiger partial charge in [0.05, 0.1) is 11.2 Å². The van der Waals surface area contributed by atoms with Crippen LogP contribution < -0.4 is 0 Å². The fourth-order valence-electron chi connectivity index (χ4n) is 4.06. The molecule has 2 aromatic carbocycles. The third kappa shape index (κ3) is 3.05. The second kappa shape index (κ2) is 6.80. The number of hydrogen-bond acceptors (Lipinski definition) is 3. The number of aromatic nitrogens is 3. The molecule has 2 aromatic heterocycles. The van der Waals surface area contributed by atoms with E-state index in [2.05, 4.69) is 50.4 Å². The topological polar surface area (TPSA) is 68.0 Å². The number of hydrogen-bond donors (Lipinski definition) is 2. The quantitative estimate of drug-likeness (QED) is 0.578. The molecule has 5 rings (SSSR count). The van der Waals surface area contributed by atoms with Gasteiger partial charge in [-0.15, -0.1) is 0 Å². The first-order chi connectivity index (χ1) is 13.7. The fraction of sp³-hybridized carbons (Fsp3) is 0.273. The van der Waals surface area contributed by atoms with Crippen molar-refractivity contribution in [1.82, 2.24) is 25.0 Å². The third-order valence-electron chi connectivity index (χ3n) is 5.63. The molecule has 1 amide bonds. The van der Waals surface area contributed by atoms with E-state index in [9.17, 15) is 4.79 Å². The summed E-state index contributed by atoms with van der Waals surface area (Å²) in [7, 11) is 0. The minimum Gasteiger partial charge on any atom is -0.353 e. The lowest BCUT2D eigenvalue weighted by Gasteiger charge is -2.34. The molecule has 0 radical (unpaired) electrons. The molecule has 1 aliphatic rings. The fourth-order valence-corrected chi connectivity index (χ4v) is 4.06. The minimum absolute atomic E-state index is 0.173. The summed E-state index contributed by atoms with van der Waals surface area (Å²) in [6, 6.07) is 16.9. The van der Waals surface area contributed by atoms with Gasteiger partial charge in [0.2, 0.25) is 5.91 Å². The average Bonchev–Trinajstić information content (AvgIpc) is 3.31. The maximum atomic E-state index is 11.5. The van der Waals surface area contributed by atoms with Gasteiger partial charge < -0.3 is 9.88 Å². The molecule has 1 fully saturated rings. The summed E-state index contributed by atoms with van der Waals surface area (Å²) in [5.74, 6) is 0.173. The molecule has 6 nitrogen and oxygen atoms in total. The van der Waals surface area contributed by atoms with Crippen LogP contribution in [0.4, 0.5) is 0 Å². The summed E-state index contributed by atoms with van der Waals surface area (Å²) in [5, 5.41) is 9.92. The number of amides is 1. The number of carbonyl (C=O) groups excluding carboxylic acids is 1. The van der Waals surface area contributed by atoms with E-state index < -0.39 is 0 Å². The van der Waals surface area contributed by atoms with Crippen molar-refractivity contribution in [1.29, 1.82) is 0 Å². The predicted octanol–water partition coefficient (Wildman–Crippen LogP) is 3.38. The average molecular weight is 373 g/mol. The van der Waals surface area contributed by atoms with E-state index in [-0.39, 0.29) is 5.91 Å². The van der Waals surface area contributed by atoms with Crippen LogP contribution in [0.15, 0.2) is 48.5 Å². The molecule has 142 valence electrons. The molecule has 0 atom stereocenters. The Hall–Kier alpha value is -3.12. The minimum atomic E-state index is 0.173. The molecule has 1 saturated heterocycles. The van der Waals surface area contributed by atoms with Crippen LogP contribution in [0.3, 0.4) is 0 Å². The maximum Gasteiger partial charge on any atom is 0.219 e. The molecule has 1 aliphatic heterocycles. The van der Waals surface area contributed by atoms with Gasteiger partial charge in [0, 0.05) is 55.9 Å². The van der Waals surface area contributed by atoms with E-state index in [1.54, 1.807) is 6.92 Å². The van der Waals surface area contributed by atoms with Crippen LogP contribution in [-0.2, 0) is 11.3 Å². The summed E-state index contributed by atoms with van der Waals surface area (Å²) in [6.45, 7) is 6.05. The van der Waals surface area contributed by atoms with Crippen molar-refractivity contribution in [2.45, 2.75) is 13.5 Å². The number of carbonyl (C=O) groups is 1. The van der Waals surface area contributed by atoms with E-state index in [1.165, 1.54) is 10.9 Å². The first kappa shape index (κ1) is 17.0. The number of nitrogens with one attached hydrogen (secondary N) is 2. The molecular formula is C22H23N5O. The Morgan fingerprint density at radius 3 is 2.68 bits per heavy atom. The van der Waals surface area contributed by atoms with Crippen molar-refractivity contribution in [2.24, 2.45) is 0 Å². The van der Waals surface area contributed by atoms with Crippen LogP contribution in [0.2, 0.25) is 0 Å². The Bertz CT molecular complexity index is 1150. The largest absolute Gasteiger partial charge is 0.353 e. The van der Waals surface area contributed by atoms with E-state index in [0.29, 0.717) is 0 Å². The van der Waals surface area contributed by atoms with Crippen LogP contribution >= 0.6 is 0 Å².